The van der Waals surface area contributed by atoms with Crippen LogP contribution in [0.2, 0.25) is 0 Å². The quantitative estimate of drug-likeness (QED) is 0.141. The van der Waals surface area contributed by atoms with Gasteiger partial charge in [0.15, 0.2) is 8.07 Å². The van der Waals surface area contributed by atoms with Crippen molar-refractivity contribution in [1.29, 1.82) is 0 Å². The molecule has 11 aromatic carbocycles. The topological polar surface area (TPSA) is 16.4 Å². The fraction of sp³-hybridized carbons (Fsp3) is 0.0149. The van der Waals surface area contributed by atoms with E-state index in [9.17, 15) is 0 Å². The van der Waals surface area contributed by atoms with Crippen LogP contribution in [0.15, 0.2) is 277 Å². The normalized spacial score (nSPS) is 15.0. The van der Waals surface area contributed by atoms with E-state index in [1.54, 1.807) is 0 Å². The minimum Gasteiger partial charge on any atom is -0.456 e. The first kappa shape index (κ1) is 40.3. The van der Waals surface area contributed by atoms with Crippen LogP contribution in [0.5, 0.6) is 0 Å². The third-order valence-electron chi connectivity index (χ3n) is 15.2. The molecule has 0 bridgehead atoms. The van der Waals surface area contributed by atoms with Gasteiger partial charge in [-0.05, 0) is 131 Å². The van der Waals surface area contributed by atoms with E-state index in [2.05, 4.69) is 278 Å². The monoisotopic (exact) mass is 907 g/mol. The molecular formula is C67H45NOSi. The van der Waals surface area contributed by atoms with Crippen LogP contribution in [0.1, 0.15) is 22.3 Å². The van der Waals surface area contributed by atoms with Crippen LogP contribution in [0.4, 0.5) is 17.1 Å². The van der Waals surface area contributed by atoms with Gasteiger partial charge in [0, 0.05) is 27.8 Å². The second-order valence-corrected chi connectivity index (χ2v) is 22.4. The molecule has 3 heteroatoms. The summed E-state index contributed by atoms with van der Waals surface area (Å²) < 4.78 is 6.59. The summed E-state index contributed by atoms with van der Waals surface area (Å²) in [4.78, 5) is 2.49. The highest BCUT2D eigenvalue weighted by Crippen LogP contribution is 2.57. The van der Waals surface area contributed by atoms with Gasteiger partial charge in [-0.3, -0.25) is 0 Å². The summed E-state index contributed by atoms with van der Waals surface area (Å²) in [5.74, 6) is 0. The first-order valence-corrected chi connectivity index (χ1v) is 26.2. The van der Waals surface area contributed by atoms with Gasteiger partial charge in [0.2, 0.25) is 0 Å². The summed E-state index contributed by atoms with van der Waals surface area (Å²) in [6, 6.07) is 101. The fourth-order valence-electron chi connectivity index (χ4n) is 12.3. The molecule has 2 aliphatic rings. The molecule has 2 heterocycles. The Kier molecular flexibility index (Phi) is 9.17. The van der Waals surface area contributed by atoms with Gasteiger partial charge in [-0.25, -0.2) is 0 Å². The molecule has 0 spiro atoms. The summed E-state index contributed by atoms with van der Waals surface area (Å²) in [6.45, 7) is 0. The van der Waals surface area contributed by atoms with Crippen molar-refractivity contribution >= 4 is 67.8 Å². The zero-order valence-corrected chi connectivity index (χ0v) is 39.3. The van der Waals surface area contributed by atoms with Gasteiger partial charge in [0.25, 0.3) is 0 Å². The molecular weight excluding hydrogens is 863 g/mol. The van der Waals surface area contributed by atoms with Crippen LogP contribution in [-0.4, -0.2) is 8.07 Å². The van der Waals surface area contributed by atoms with E-state index in [-0.39, 0.29) is 0 Å². The zero-order chi connectivity index (χ0) is 46.2. The van der Waals surface area contributed by atoms with Crippen molar-refractivity contribution in [2.75, 3.05) is 4.90 Å². The zero-order valence-electron chi connectivity index (χ0n) is 38.3. The molecule has 0 N–H and O–H groups in total. The SMILES string of the molecule is c1ccc(-c2ccc(N(c3cccc([Si]4(c5ccccc5)c5ccccc5-c5cc6oc7ccccc7c6cc54)c3)c3ccc4c(c3)C(c3ccccc3)(c3ccccc3)c3ccccc3-4)cc2)cc1. The molecule has 0 saturated heterocycles. The van der Waals surface area contributed by atoms with Gasteiger partial charge in [-0.15, -0.1) is 0 Å². The van der Waals surface area contributed by atoms with Crippen LogP contribution >= 0.6 is 0 Å². The summed E-state index contributed by atoms with van der Waals surface area (Å²) in [5, 5.41) is 7.78. The van der Waals surface area contributed by atoms with Crippen LogP contribution in [0.25, 0.3) is 55.3 Å². The lowest BCUT2D eigenvalue weighted by molar-refractivity contribution is 0.669. The number of anilines is 3. The first-order chi connectivity index (χ1) is 34.7. The molecule has 1 atom stereocenters. The second-order valence-electron chi connectivity index (χ2n) is 18.7. The number of rotatable bonds is 8. The molecule has 14 rings (SSSR count). The molecule has 12 aromatic rings. The van der Waals surface area contributed by atoms with E-state index < -0.39 is 13.5 Å². The Labute approximate surface area is 409 Å². The van der Waals surface area contributed by atoms with Gasteiger partial charge >= 0.3 is 0 Å². The summed E-state index contributed by atoms with van der Waals surface area (Å²) in [5.41, 5.74) is 17.1. The van der Waals surface area contributed by atoms with Crippen LogP contribution in [0.3, 0.4) is 0 Å². The number of fused-ring (bicyclic) bond motifs is 9. The van der Waals surface area contributed by atoms with Gasteiger partial charge in [0.1, 0.15) is 11.2 Å². The highest BCUT2D eigenvalue weighted by Gasteiger charge is 2.50. The third kappa shape index (κ3) is 5.86. The van der Waals surface area contributed by atoms with Crippen LogP contribution in [-0.2, 0) is 5.41 Å². The van der Waals surface area contributed by atoms with Crippen molar-refractivity contribution in [2.24, 2.45) is 0 Å². The maximum Gasteiger partial charge on any atom is 0.180 e. The van der Waals surface area contributed by atoms with E-state index in [4.69, 9.17) is 4.42 Å². The lowest BCUT2D eigenvalue weighted by Crippen LogP contribution is -2.72. The molecule has 0 fully saturated rings. The summed E-state index contributed by atoms with van der Waals surface area (Å²) in [6.07, 6.45) is 0. The van der Waals surface area contributed by atoms with Crippen molar-refractivity contribution in [2.45, 2.75) is 5.41 Å². The Balaban J connectivity index is 1.03. The van der Waals surface area contributed by atoms with E-state index >= 15 is 0 Å². The van der Waals surface area contributed by atoms with Crippen molar-refractivity contribution < 1.29 is 4.42 Å². The highest BCUT2D eigenvalue weighted by atomic mass is 28.3. The number of nitrogens with zero attached hydrogens (tertiary/aromatic N) is 1. The first-order valence-electron chi connectivity index (χ1n) is 24.2. The fourth-order valence-corrected chi connectivity index (χ4v) is 17.5. The maximum absolute atomic E-state index is 6.59. The molecule has 1 aliphatic heterocycles. The second kappa shape index (κ2) is 15.9. The molecule has 0 amide bonds. The predicted molar refractivity (Wildman–Crippen MR) is 294 cm³/mol. The van der Waals surface area contributed by atoms with E-state index in [0.29, 0.717) is 0 Å². The average Bonchev–Trinajstić information content (AvgIpc) is 4.06. The lowest BCUT2D eigenvalue weighted by atomic mass is 9.67. The standard InChI is InChI=1S/C67H45NOSi/c1-5-20-46(21-6-1)47-36-38-50(39-37-47)68(52-40-41-56-55-30-13-16-33-61(55)67(62(56)43-52,48-22-7-2-8-23-48)49-24-9-3-10-25-49)51-26-19-29-54(42-51)70(53-27-11-4-12-28-53)65-35-18-15-32-58(65)60-44-64-59(45-66(60)70)57-31-14-17-34-63(57)69-64/h1-45H. The Bertz CT molecular complexity index is 3900. The summed E-state index contributed by atoms with van der Waals surface area (Å²) in [7, 11) is -2.98. The molecule has 1 aliphatic carbocycles. The largest absolute Gasteiger partial charge is 0.456 e. The Morgan fingerprint density at radius 3 is 1.64 bits per heavy atom. The average molecular weight is 908 g/mol. The van der Waals surface area contributed by atoms with Crippen LogP contribution in [0, 0.1) is 0 Å². The van der Waals surface area contributed by atoms with Gasteiger partial charge < -0.3 is 9.32 Å². The molecule has 2 nitrogen and oxygen atoms in total. The van der Waals surface area contributed by atoms with E-state index in [1.807, 2.05) is 0 Å². The Morgan fingerprint density at radius 2 is 0.886 bits per heavy atom. The van der Waals surface area contributed by atoms with Crippen molar-refractivity contribution in [3.8, 4) is 33.4 Å². The Hall–Kier alpha value is -8.76. The molecule has 1 unspecified atom stereocenters. The molecule has 0 saturated carbocycles. The van der Waals surface area contributed by atoms with Gasteiger partial charge in [0.05, 0.1) is 5.41 Å². The molecule has 328 valence electrons. The van der Waals surface area contributed by atoms with Crippen molar-refractivity contribution in [3.05, 3.63) is 295 Å². The smallest absolute Gasteiger partial charge is 0.180 e. The molecule has 0 radical (unpaired) electrons. The van der Waals surface area contributed by atoms with Crippen molar-refractivity contribution in [3.63, 3.8) is 0 Å². The third-order valence-corrected chi connectivity index (χ3v) is 20.1. The van der Waals surface area contributed by atoms with E-state index in [1.165, 1.54) is 76.4 Å². The number of benzene rings is 11. The van der Waals surface area contributed by atoms with Crippen molar-refractivity contribution in [1.82, 2.24) is 0 Å². The number of para-hydroxylation sites is 1. The molecule has 70 heavy (non-hydrogen) atoms. The molecule has 1 aromatic heterocycles. The number of hydrogen-bond acceptors (Lipinski definition) is 2. The predicted octanol–water partition coefficient (Wildman–Crippen LogP) is 14.4. The number of furan rings is 1. The summed E-state index contributed by atoms with van der Waals surface area (Å²) >= 11 is 0. The Morgan fingerprint density at radius 1 is 0.314 bits per heavy atom. The number of hydrogen-bond donors (Lipinski definition) is 0. The van der Waals surface area contributed by atoms with Gasteiger partial charge in [-0.2, -0.15) is 0 Å². The van der Waals surface area contributed by atoms with E-state index in [0.717, 1.165) is 39.0 Å². The lowest BCUT2D eigenvalue weighted by Gasteiger charge is -2.35. The maximum atomic E-state index is 6.59. The minimum absolute atomic E-state index is 0.542. The minimum atomic E-state index is -2.98. The van der Waals surface area contributed by atoms with Gasteiger partial charge in [-0.1, -0.05) is 218 Å². The van der Waals surface area contributed by atoms with Crippen LogP contribution < -0.4 is 25.6 Å². The highest BCUT2D eigenvalue weighted by molar-refractivity contribution is 7.22.